The number of hydrogen-bond donors (Lipinski definition) is 1. The predicted octanol–water partition coefficient (Wildman–Crippen LogP) is 3.76. The van der Waals surface area contributed by atoms with E-state index in [2.05, 4.69) is 10.3 Å². The Morgan fingerprint density at radius 3 is 2.62 bits per heavy atom. The Morgan fingerprint density at radius 2 is 2.00 bits per heavy atom. The van der Waals surface area contributed by atoms with Gasteiger partial charge in [-0.05, 0) is 56.2 Å². The SMILES string of the molecule is Cc1ccc(O[C@@H](C)C(=O)Nc2ccc(Cl)cn2)cc1C. The lowest BCUT2D eigenvalue weighted by Gasteiger charge is -2.15. The Balaban J connectivity index is 1.98. The molecule has 1 heterocycles. The van der Waals surface area contributed by atoms with Crippen LogP contribution < -0.4 is 10.1 Å². The van der Waals surface area contributed by atoms with Crippen molar-refractivity contribution >= 4 is 23.3 Å². The van der Waals surface area contributed by atoms with Gasteiger partial charge in [0.25, 0.3) is 5.91 Å². The molecule has 0 unspecified atom stereocenters. The van der Waals surface area contributed by atoms with Gasteiger partial charge >= 0.3 is 0 Å². The minimum atomic E-state index is -0.621. The van der Waals surface area contributed by atoms with Crippen LogP contribution in [0, 0.1) is 13.8 Å². The van der Waals surface area contributed by atoms with Gasteiger partial charge in [0.2, 0.25) is 0 Å². The summed E-state index contributed by atoms with van der Waals surface area (Å²) in [6.45, 7) is 5.73. The van der Waals surface area contributed by atoms with Crippen molar-refractivity contribution in [1.82, 2.24) is 4.98 Å². The van der Waals surface area contributed by atoms with E-state index in [1.807, 2.05) is 32.0 Å². The highest BCUT2D eigenvalue weighted by Crippen LogP contribution is 2.18. The number of aryl methyl sites for hydroxylation is 2. The summed E-state index contributed by atoms with van der Waals surface area (Å²) in [6, 6.07) is 9.05. The van der Waals surface area contributed by atoms with Gasteiger partial charge in [-0.3, -0.25) is 4.79 Å². The van der Waals surface area contributed by atoms with Gasteiger partial charge in [0.15, 0.2) is 6.10 Å². The van der Waals surface area contributed by atoms with Crippen LogP contribution in [-0.4, -0.2) is 17.0 Å². The van der Waals surface area contributed by atoms with E-state index < -0.39 is 6.10 Å². The van der Waals surface area contributed by atoms with E-state index in [-0.39, 0.29) is 5.91 Å². The predicted molar refractivity (Wildman–Crippen MR) is 83.9 cm³/mol. The van der Waals surface area contributed by atoms with Gasteiger partial charge in [-0.25, -0.2) is 4.98 Å². The zero-order chi connectivity index (χ0) is 15.4. The molecule has 0 bridgehead atoms. The van der Waals surface area contributed by atoms with Crippen LogP contribution in [0.5, 0.6) is 5.75 Å². The van der Waals surface area contributed by atoms with Crippen molar-refractivity contribution in [3.8, 4) is 5.75 Å². The fourth-order valence-electron chi connectivity index (χ4n) is 1.72. The number of aromatic nitrogens is 1. The van der Waals surface area contributed by atoms with Gasteiger partial charge in [-0.15, -0.1) is 0 Å². The van der Waals surface area contributed by atoms with E-state index in [9.17, 15) is 4.79 Å². The fraction of sp³-hybridized carbons (Fsp3) is 0.250. The molecule has 1 aromatic heterocycles. The van der Waals surface area contributed by atoms with E-state index in [4.69, 9.17) is 16.3 Å². The number of carbonyl (C=O) groups excluding carboxylic acids is 1. The van der Waals surface area contributed by atoms with Crippen molar-refractivity contribution in [2.24, 2.45) is 0 Å². The number of carbonyl (C=O) groups is 1. The second kappa shape index (κ2) is 6.59. The van der Waals surface area contributed by atoms with Crippen molar-refractivity contribution in [1.29, 1.82) is 0 Å². The molecular formula is C16H17ClN2O2. The summed E-state index contributed by atoms with van der Waals surface area (Å²) in [5.41, 5.74) is 2.31. The lowest BCUT2D eigenvalue weighted by Crippen LogP contribution is -2.30. The summed E-state index contributed by atoms with van der Waals surface area (Å²) in [5.74, 6) is 0.854. The Kier molecular flexibility index (Phi) is 4.81. The molecular weight excluding hydrogens is 288 g/mol. The number of nitrogens with zero attached hydrogens (tertiary/aromatic N) is 1. The molecule has 0 aliphatic rings. The zero-order valence-corrected chi connectivity index (χ0v) is 12.9. The molecule has 0 spiro atoms. The molecule has 5 heteroatoms. The van der Waals surface area contributed by atoms with E-state index >= 15 is 0 Å². The van der Waals surface area contributed by atoms with Crippen molar-refractivity contribution in [3.05, 3.63) is 52.7 Å². The first-order valence-electron chi connectivity index (χ1n) is 6.62. The molecule has 1 amide bonds. The number of hydrogen-bond acceptors (Lipinski definition) is 3. The largest absolute Gasteiger partial charge is 0.481 e. The van der Waals surface area contributed by atoms with Crippen LogP contribution >= 0.6 is 11.6 Å². The van der Waals surface area contributed by atoms with Gasteiger partial charge in [0.05, 0.1) is 5.02 Å². The van der Waals surface area contributed by atoms with Crippen molar-refractivity contribution < 1.29 is 9.53 Å². The van der Waals surface area contributed by atoms with Crippen LogP contribution in [0.15, 0.2) is 36.5 Å². The minimum absolute atomic E-state index is 0.261. The minimum Gasteiger partial charge on any atom is -0.481 e. The van der Waals surface area contributed by atoms with Crippen LogP contribution in [0.2, 0.25) is 5.02 Å². The van der Waals surface area contributed by atoms with Gasteiger partial charge in [0.1, 0.15) is 11.6 Å². The second-order valence-electron chi connectivity index (χ2n) is 4.86. The monoisotopic (exact) mass is 304 g/mol. The lowest BCUT2D eigenvalue weighted by molar-refractivity contribution is -0.122. The summed E-state index contributed by atoms with van der Waals surface area (Å²) in [5, 5.41) is 3.20. The van der Waals surface area contributed by atoms with Gasteiger partial charge in [-0.2, -0.15) is 0 Å². The van der Waals surface area contributed by atoms with Crippen molar-refractivity contribution in [2.45, 2.75) is 26.9 Å². The van der Waals surface area contributed by atoms with Crippen molar-refractivity contribution in [3.63, 3.8) is 0 Å². The molecule has 0 aliphatic heterocycles. The van der Waals surface area contributed by atoms with E-state index in [1.165, 1.54) is 11.8 Å². The maximum atomic E-state index is 12.0. The number of amides is 1. The van der Waals surface area contributed by atoms with Crippen LogP contribution in [-0.2, 0) is 4.79 Å². The topological polar surface area (TPSA) is 51.2 Å². The molecule has 0 fully saturated rings. The Bertz CT molecular complexity index is 641. The Labute approximate surface area is 129 Å². The van der Waals surface area contributed by atoms with Gasteiger partial charge in [-0.1, -0.05) is 17.7 Å². The first kappa shape index (κ1) is 15.3. The third-order valence-corrected chi connectivity index (χ3v) is 3.36. The average molecular weight is 305 g/mol. The molecule has 2 rings (SSSR count). The summed E-state index contributed by atoms with van der Waals surface area (Å²) >= 11 is 5.75. The van der Waals surface area contributed by atoms with Gasteiger partial charge < -0.3 is 10.1 Å². The molecule has 4 nitrogen and oxygen atoms in total. The number of pyridine rings is 1. The number of rotatable bonds is 4. The first-order valence-corrected chi connectivity index (χ1v) is 7.00. The van der Waals surface area contributed by atoms with E-state index in [0.29, 0.717) is 16.6 Å². The number of nitrogens with one attached hydrogen (secondary N) is 1. The van der Waals surface area contributed by atoms with Crippen LogP contribution in [0.1, 0.15) is 18.1 Å². The molecule has 1 aromatic carbocycles. The lowest BCUT2D eigenvalue weighted by atomic mass is 10.1. The summed E-state index contributed by atoms with van der Waals surface area (Å²) in [6.07, 6.45) is 0.857. The third kappa shape index (κ3) is 4.20. The molecule has 21 heavy (non-hydrogen) atoms. The van der Waals surface area contributed by atoms with E-state index in [1.54, 1.807) is 19.1 Å². The average Bonchev–Trinajstić information content (AvgIpc) is 2.45. The standard InChI is InChI=1S/C16H17ClN2O2/c1-10-4-6-14(8-11(10)2)21-12(3)16(20)19-15-7-5-13(17)9-18-15/h4-9,12H,1-3H3,(H,18,19,20)/t12-/m0/s1. The van der Waals surface area contributed by atoms with E-state index in [0.717, 1.165) is 5.56 Å². The second-order valence-corrected chi connectivity index (χ2v) is 5.29. The number of ether oxygens (including phenoxy) is 1. The normalized spacial score (nSPS) is 11.8. The fourth-order valence-corrected chi connectivity index (χ4v) is 1.83. The highest BCUT2D eigenvalue weighted by Gasteiger charge is 2.15. The molecule has 1 N–H and O–H groups in total. The molecule has 2 aromatic rings. The molecule has 0 saturated heterocycles. The quantitative estimate of drug-likeness (QED) is 0.935. The number of halogens is 1. The number of benzene rings is 1. The van der Waals surface area contributed by atoms with Crippen LogP contribution in [0.25, 0.3) is 0 Å². The maximum absolute atomic E-state index is 12.0. The molecule has 0 saturated carbocycles. The zero-order valence-electron chi connectivity index (χ0n) is 12.2. The van der Waals surface area contributed by atoms with Gasteiger partial charge in [0, 0.05) is 6.20 Å². The van der Waals surface area contributed by atoms with Crippen LogP contribution in [0.3, 0.4) is 0 Å². The maximum Gasteiger partial charge on any atom is 0.266 e. The highest BCUT2D eigenvalue weighted by molar-refractivity contribution is 6.30. The number of anilines is 1. The molecule has 0 aliphatic carbocycles. The molecule has 110 valence electrons. The third-order valence-electron chi connectivity index (χ3n) is 3.14. The summed E-state index contributed by atoms with van der Waals surface area (Å²) in [4.78, 5) is 16.1. The first-order chi connectivity index (χ1) is 9.95. The molecule has 0 radical (unpaired) electrons. The smallest absolute Gasteiger partial charge is 0.266 e. The molecule has 1 atom stereocenters. The van der Waals surface area contributed by atoms with Crippen LogP contribution in [0.4, 0.5) is 5.82 Å². The van der Waals surface area contributed by atoms with Crippen molar-refractivity contribution in [2.75, 3.05) is 5.32 Å². The Hall–Kier alpha value is -2.07. The summed E-state index contributed by atoms with van der Waals surface area (Å²) < 4.78 is 5.64. The highest BCUT2D eigenvalue weighted by atomic mass is 35.5. The summed E-state index contributed by atoms with van der Waals surface area (Å²) in [7, 11) is 0. The Morgan fingerprint density at radius 1 is 1.24 bits per heavy atom.